The summed E-state index contributed by atoms with van der Waals surface area (Å²) in [6.45, 7) is 0. The van der Waals surface area contributed by atoms with Gasteiger partial charge in [0.2, 0.25) is 0 Å². The first-order valence-electron chi connectivity index (χ1n) is 6.71. The van der Waals surface area contributed by atoms with Crippen LogP contribution in [0.25, 0.3) is 0 Å². The zero-order valence-corrected chi connectivity index (χ0v) is 12.4. The highest BCUT2D eigenvalue weighted by molar-refractivity contribution is 9.10. The summed E-state index contributed by atoms with van der Waals surface area (Å²) >= 11 is 3.45. The maximum atomic E-state index is 12.9. The van der Waals surface area contributed by atoms with Gasteiger partial charge in [-0.3, -0.25) is 0 Å². The van der Waals surface area contributed by atoms with E-state index in [1.54, 1.807) is 6.07 Å². The fraction of sp³-hybridized carbons (Fsp3) is 0.250. The lowest BCUT2D eigenvalue weighted by Gasteiger charge is -2.23. The van der Waals surface area contributed by atoms with Crippen LogP contribution < -0.4 is 4.90 Å². The first-order chi connectivity index (χ1) is 9.95. The van der Waals surface area contributed by atoms with E-state index in [1.807, 2.05) is 24.3 Å². The Labute approximate surface area is 128 Å². The largest absolute Gasteiger partial charge is 0.416 e. The number of anilines is 2. The fourth-order valence-electron chi connectivity index (χ4n) is 3.18. The summed E-state index contributed by atoms with van der Waals surface area (Å²) in [6, 6.07) is 12.3. The molecular formula is C16H11BrF3N. The van der Waals surface area contributed by atoms with Crippen molar-refractivity contribution in [3.63, 3.8) is 0 Å². The van der Waals surface area contributed by atoms with Crippen LogP contribution >= 0.6 is 15.9 Å². The molecule has 1 aliphatic carbocycles. The Morgan fingerprint density at radius 3 is 2.62 bits per heavy atom. The molecule has 0 radical (unpaired) electrons. The number of halogens is 4. The van der Waals surface area contributed by atoms with Gasteiger partial charge in [0, 0.05) is 27.8 Å². The van der Waals surface area contributed by atoms with Gasteiger partial charge in [-0.1, -0.05) is 22.0 Å². The van der Waals surface area contributed by atoms with Gasteiger partial charge in [0.1, 0.15) is 0 Å². The van der Waals surface area contributed by atoms with E-state index in [0.717, 1.165) is 27.8 Å². The van der Waals surface area contributed by atoms with Gasteiger partial charge >= 0.3 is 6.18 Å². The van der Waals surface area contributed by atoms with E-state index in [1.165, 1.54) is 12.1 Å². The third-order valence-electron chi connectivity index (χ3n) is 4.19. The molecule has 0 aromatic heterocycles. The van der Waals surface area contributed by atoms with Crippen molar-refractivity contribution in [2.75, 3.05) is 4.90 Å². The molecule has 0 N–H and O–H groups in total. The number of hydrogen-bond acceptors (Lipinski definition) is 1. The van der Waals surface area contributed by atoms with Crippen LogP contribution in [0.2, 0.25) is 0 Å². The minimum Gasteiger partial charge on any atom is -0.337 e. The lowest BCUT2D eigenvalue weighted by molar-refractivity contribution is -0.137. The van der Waals surface area contributed by atoms with E-state index in [2.05, 4.69) is 20.8 Å². The molecule has 2 aromatic rings. The normalized spacial score (nSPS) is 23.0. The van der Waals surface area contributed by atoms with Gasteiger partial charge in [0.15, 0.2) is 0 Å². The Morgan fingerprint density at radius 2 is 1.90 bits per heavy atom. The standard InChI is InChI=1S/C16H11BrF3N/c17-10-2-1-3-11(7-10)21-14-5-4-9(16(18,19)20)6-12(14)13-8-15(13)21/h1-7,13,15H,8H2. The summed E-state index contributed by atoms with van der Waals surface area (Å²) in [5.41, 5.74) is 2.20. The van der Waals surface area contributed by atoms with Crippen molar-refractivity contribution >= 4 is 27.3 Å². The van der Waals surface area contributed by atoms with Crippen LogP contribution in [0.5, 0.6) is 0 Å². The second-order valence-corrected chi connectivity index (χ2v) is 6.45. The number of rotatable bonds is 1. The number of nitrogens with zero attached hydrogens (tertiary/aromatic N) is 1. The van der Waals surface area contributed by atoms with Gasteiger partial charge in [-0.25, -0.2) is 0 Å². The van der Waals surface area contributed by atoms with Crippen molar-refractivity contribution in [3.8, 4) is 0 Å². The van der Waals surface area contributed by atoms with E-state index in [4.69, 9.17) is 0 Å². The van der Waals surface area contributed by atoms with Crippen LogP contribution in [-0.2, 0) is 6.18 Å². The van der Waals surface area contributed by atoms with Gasteiger partial charge in [-0.15, -0.1) is 0 Å². The summed E-state index contributed by atoms with van der Waals surface area (Å²) < 4.78 is 39.5. The molecule has 2 atom stereocenters. The molecule has 1 fully saturated rings. The van der Waals surface area contributed by atoms with Crippen molar-refractivity contribution in [1.82, 2.24) is 0 Å². The molecule has 108 valence electrons. The van der Waals surface area contributed by atoms with E-state index >= 15 is 0 Å². The Bertz CT molecular complexity index is 726. The summed E-state index contributed by atoms with van der Waals surface area (Å²) in [4.78, 5) is 2.16. The minimum atomic E-state index is -4.28. The average molecular weight is 354 g/mol. The highest BCUT2D eigenvalue weighted by Crippen LogP contribution is 2.59. The van der Waals surface area contributed by atoms with Gasteiger partial charge in [0.25, 0.3) is 0 Å². The highest BCUT2D eigenvalue weighted by Gasteiger charge is 2.51. The molecule has 2 aliphatic rings. The number of alkyl halides is 3. The van der Waals surface area contributed by atoms with Crippen LogP contribution in [0, 0.1) is 0 Å². The van der Waals surface area contributed by atoms with Crippen LogP contribution in [0.3, 0.4) is 0 Å². The molecule has 4 rings (SSSR count). The molecule has 1 heterocycles. The Hall–Kier alpha value is -1.49. The molecule has 5 heteroatoms. The molecule has 0 bridgehead atoms. The SMILES string of the molecule is FC(F)(F)c1ccc2c(c1)C1CC1N2c1cccc(Br)c1. The van der Waals surface area contributed by atoms with Gasteiger partial charge in [0.05, 0.1) is 5.56 Å². The number of fused-ring (bicyclic) bond motifs is 3. The quantitative estimate of drug-likeness (QED) is 0.656. The molecular weight excluding hydrogens is 343 g/mol. The fourth-order valence-corrected chi connectivity index (χ4v) is 3.57. The van der Waals surface area contributed by atoms with Crippen molar-refractivity contribution in [2.45, 2.75) is 24.6 Å². The summed E-state index contributed by atoms with van der Waals surface area (Å²) in [5.74, 6) is 0.237. The molecule has 0 spiro atoms. The van der Waals surface area contributed by atoms with Crippen molar-refractivity contribution in [1.29, 1.82) is 0 Å². The molecule has 0 amide bonds. The highest BCUT2D eigenvalue weighted by atomic mass is 79.9. The zero-order chi connectivity index (χ0) is 14.8. The van der Waals surface area contributed by atoms with E-state index < -0.39 is 11.7 Å². The predicted octanol–water partition coefficient (Wildman–Crippen LogP) is 5.48. The van der Waals surface area contributed by atoms with Crippen LogP contribution in [0.1, 0.15) is 23.5 Å². The lowest BCUT2D eigenvalue weighted by atomic mass is 10.1. The summed E-state index contributed by atoms with van der Waals surface area (Å²) in [5, 5.41) is 0. The van der Waals surface area contributed by atoms with Gasteiger partial charge in [-0.2, -0.15) is 13.2 Å². The van der Waals surface area contributed by atoms with Crippen molar-refractivity contribution in [2.24, 2.45) is 0 Å². The predicted molar refractivity (Wildman–Crippen MR) is 78.9 cm³/mol. The number of benzene rings is 2. The summed E-state index contributed by atoms with van der Waals surface area (Å²) in [7, 11) is 0. The van der Waals surface area contributed by atoms with Gasteiger partial charge in [-0.05, 0) is 48.4 Å². The van der Waals surface area contributed by atoms with E-state index in [-0.39, 0.29) is 5.92 Å². The molecule has 2 unspecified atom stereocenters. The van der Waals surface area contributed by atoms with E-state index in [9.17, 15) is 13.2 Å². The topological polar surface area (TPSA) is 3.24 Å². The molecule has 21 heavy (non-hydrogen) atoms. The minimum absolute atomic E-state index is 0.237. The van der Waals surface area contributed by atoms with Crippen molar-refractivity contribution < 1.29 is 13.2 Å². The molecule has 0 saturated heterocycles. The molecule has 1 saturated carbocycles. The summed E-state index contributed by atoms with van der Waals surface area (Å²) in [6.07, 6.45) is -3.34. The third-order valence-corrected chi connectivity index (χ3v) is 4.68. The Balaban J connectivity index is 1.80. The second-order valence-electron chi connectivity index (χ2n) is 5.53. The Morgan fingerprint density at radius 1 is 1.10 bits per heavy atom. The first kappa shape index (κ1) is 13.2. The zero-order valence-electron chi connectivity index (χ0n) is 10.9. The van der Waals surface area contributed by atoms with Crippen LogP contribution in [-0.4, -0.2) is 6.04 Å². The van der Waals surface area contributed by atoms with E-state index in [0.29, 0.717) is 6.04 Å². The van der Waals surface area contributed by atoms with Crippen LogP contribution in [0.4, 0.5) is 24.5 Å². The maximum Gasteiger partial charge on any atom is 0.416 e. The second kappa shape index (κ2) is 4.26. The smallest absolute Gasteiger partial charge is 0.337 e. The lowest BCUT2D eigenvalue weighted by Crippen LogP contribution is -2.17. The first-order valence-corrected chi connectivity index (χ1v) is 7.50. The van der Waals surface area contributed by atoms with Crippen molar-refractivity contribution in [3.05, 3.63) is 58.1 Å². The van der Waals surface area contributed by atoms with Crippen LogP contribution in [0.15, 0.2) is 46.9 Å². The molecule has 2 aromatic carbocycles. The monoisotopic (exact) mass is 353 g/mol. The maximum absolute atomic E-state index is 12.9. The Kier molecular flexibility index (Phi) is 2.67. The molecule has 1 nitrogen and oxygen atoms in total. The number of hydrogen-bond donors (Lipinski definition) is 0. The average Bonchev–Trinajstić information content (AvgIpc) is 3.13. The molecule has 1 aliphatic heterocycles. The third kappa shape index (κ3) is 2.06. The van der Waals surface area contributed by atoms with Gasteiger partial charge < -0.3 is 4.90 Å².